The standard InChI is InChI=1S/C30H35N3O3S/c1-30(2,3)25-18-20-26(21-19-25)31-32-29(34)24-16-14-23(15-17-24)22-33(27-10-6-4-7-11-27)37(35,36)28-12-8-5-9-13-28/h4-17,25H,18-22H2,1-3H3,(H,32,34). The maximum Gasteiger partial charge on any atom is 0.271 e. The first kappa shape index (κ1) is 26.6. The van der Waals surface area contributed by atoms with Crippen molar-refractivity contribution < 1.29 is 13.2 Å². The lowest BCUT2D eigenvalue weighted by Gasteiger charge is -2.34. The molecule has 0 bridgehead atoms. The number of hydrazone groups is 1. The van der Waals surface area contributed by atoms with E-state index in [9.17, 15) is 13.2 Å². The highest BCUT2D eigenvalue weighted by molar-refractivity contribution is 7.92. The lowest BCUT2D eigenvalue weighted by atomic mass is 9.72. The van der Waals surface area contributed by atoms with Crippen LogP contribution in [0.1, 0.15) is 62.4 Å². The predicted octanol–water partition coefficient (Wildman–Crippen LogP) is 6.40. The van der Waals surface area contributed by atoms with E-state index in [1.54, 1.807) is 66.7 Å². The van der Waals surface area contributed by atoms with Gasteiger partial charge in [-0.05, 0) is 79.0 Å². The second kappa shape index (κ2) is 11.3. The Bertz CT molecular complexity index is 1320. The largest absolute Gasteiger partial charge is 0.271 e. The van der Waals surface area contributed by atoms with E-state index in [2.05, 4.69) is 31.3 Å². The maximum absolute atomic E-state index is 13.5. The van der Waals surface area contributed by atoms with Crippen LogP contribution in [0.15, 0.2) is 94.9 Å². The molecule has 1 aliphatic carbocycles. The summed E-state index contributed by atoms with van der Waals surface area (Å²) >= 11 is 0. The summed E-state index contributed by atoms with van der Waals surface area (Å²) in [5.41, 5.74) is 5.86. The summed E-state index contributed by atoms with van der Waals surface area (Å²) in [7, 11) is -3.78. The number of sulfonamides is 1. The fourth-order valence-corrected chi connectivity index (χ4v) is 6.15. The Balaban J connectivity index is 1.45. The van der Waals surface area contributed by atoms with Crippen LogP contribution in [-0.4, -0.2) is 20.0 Å². The molecular weight excluding hydrogens is 482 g/mol. The van der Waals surface area contributed by atoms with E-state index in [1.165, 1.54) is 4.31 Å². The molecule has 1 amide bonds. The fraction of sp³-hybridized carbons (Fsp3) is 0.333. The molecule has 6 nitrogen and oxygen atoms in total. The molecule has 0 atom stereocenters. The van der Waals surface area contributed by atoms with Gasteiger partial charge in [-0.15, -0.1) is 0 Å². The first-order valence-electron chi connectivity index (χ1n) is 12.7. The lowest BCUT2D eigenvalue weighted by molar-refractivity contribution is 0.0954. The number of anilines is 1. The Hall–Kier alpha value is -3.45. The molecule has 3 aromatic carbocycles. The second-order valence-electron chi connectivity index (χ2n) is 10.6. The molecule has 0 saturated heterocycles. The van der Waals surface area contributed by atoms with E-state index < -0.39 is 10.0 Å². The number of benzene rings is 3. The number of hydrogen-bond acceptors (Lipinski definition) is 4. The van der Waals surface area contributed by atoms with Gasteiger partial charge in [0.15, 0.2) is 0 Å². The van der Waals surface area contributed by atoms with Crippen LogP contribution in [0.5, 0.6) is 0 Å². The summed E-state index contributed by atoms with van der Waals surface area (Å²) in [5, 5.41) is 4.38. The van der Waals surface area contributed by atoms with Gasteiger partial charge >= 0.3 is 0 Å². The van der Waals surface area contributed by atoms with Gasteiger partial charge in [0.25, 0.3) is 15.9 Å². The zero-order valence-corrected chi connectivity index (χ0v) is 22.5. The summed E-state index contributed by atoms with van der Waals surface area (Å²) in [4.78, 5) is 12.9. The molecule has 1 fully saturated rings. The number of para-hydroxylation sites is 1. The van der Waals surface area contributed by atoms with Crippen molar-refractivity contribution in [1.82, 2.24) is 5.43 Å². The molecule has 1 N–H and O–H groups in total. The Labute approximate surface area is 220 Å². The Morgan fingerprint density at radius 3 is 2.03 bits per heavy atom. The van der Waals surface area contributed by atoms with Crippen LogP contribution >= 0.6 is 0 Å². The first-order chi connectivity index (χ1) is 17.6. The topological polar surface area (TPSA) is 78.8 Å². The van der Waals surface area contributed by atoms with E-state index in [1.807, 2.05) is 18.2 Å². The maximum atomic E-state index is 13.5. The molecular formula is C30H35N3O3S. The summed E-state index contributed by atoms with van der Waals surface area (Å²) in [5.74, 6) is 0.407. The van der Waals surface area contributed by atoms with Crippen molar-refractivity contribution in [3.63, 3.8) is 0 Å². The fourth-order valence-electron chi connectivity index (χ4n) is 4.68. The third-order valence-electron chi connectivity index (χ3n) is 7.02. The van der Waals surface area contributed by atoms with Gasteiger partial charge in [-0.3, -0.25) is 9.10 Å². The molecule has 37 heavy (non-hydrogen) atoms. The van der Waals surface area contributed by atoms with Gasteiger partial charge < -0.3 is 0 Å². The highest BCUT2D eigenvalue weighted by Gasteiger charge is 2.28. The number of rotatable bonds is 7. The third-order valence-corrected chi connectivity index (χ3v) is 8.81. The zero-order chi connectivity index (χ0) is 26.5. The van der Waals surface area contributed by atoms with Crippen LogP contribution in [0.25, 0.3) is 0 Å². The molecule has 0 aromatic heterocycles. The number of nitrogens with one attached hydrogen (secondary N) is 1. The van der Waals surface area contributed by atoms with Gasteiger partial charge in [-0.1, -0.05) is 69.3 Å². The van der Waals surface area contributed by atoms with Crippen molar-refractivity contribution in [1.29, 1.82) is 0 Å². The number of carbonyl (C=O) groups is 1. The number of nitrogens with zero attached hydrogens (tertiary/aromatic N) is 2. The van der Waals surface area contributed by atoms with Gasteiger partial charge in [0.2, 0.25) is 0 Å². The molecule has 0 unspecified atom stereocenters. The molecule has 1 saturated carbocycles. The Morgan fingerprint density at radius 2 is 1.46 bits per heavy atom. The minimum atomic E-state index is -3.78. The highest BCUT2D eigenvalue weighted by atomic mass is 32.2. The van der Waals surface area contributed by atoms with E-state index in [0.717, 1.165) is 37.0 Å². The van der Waals surface area contributed by atoms with Gasteiger partial charge in [0.1, 0.15) is 0 Å². The zero-order valence-electron chi connectivity index (χ0n) is 21.7. The van der Waals surface area contributed by atoms with Gasteiger partial charge in [0, 0.05) is 11.3 Å². The Kier molecular flexibility index (Phi) is 8.13. The quantitative estimate of drug-likeness (QED) is 0.368. The van der Waals surface area contributed by atoms with Crippen molar-refractivity contribution >= 4 is 27.3 Å². The van der Waals surface area contributed by atoms with Crippen molar-refractivity contribution in [2.45, 2.75) is 57.9 Å². The normalized spacial score (nSPS) is 16.2. The van der Waals surface area contributed by atoms with Gasteiger partial charge in [-0.2, -0.15) is 5.10 Å². The minimum absolute atomic E-state index is 0.139. The average Bonchev–Trinajstić information content (AvgIpc) is 2.91. The molecule has 1 aliphatic rings. The van der Waals surface area contributed by atoms with Crippen molar-refractivity contribution in [2.75, 3.05) is 4.31 Å². The molecule has 0 radical (unpaired) electrons. The van der Waals surface area contributed by atoms with Crippen LogP contribution in [0, 0.1) is 11.3 Å². The van der Waals surface area contributed by atoms with Crippen molar-refractivity contribution in [3.8, 4) is 0 Å². The van der Waals surface area contributed by atoms with E-state index in [0.29, 0.717) is 22.6 Å². The summed E-state index contributed by atoms with van der Waals surface area (Å²) < 4.78 is 28.3. The summed E-state index contributed by atoms with van der Waals surface area (Å²) in [6, 6.07) is 24.4. The average molecular weight is 518 g/mol. The number of hydrogen-bond donors (Lipinski definition) is 1. The predicted molar refractivity (Wildman–Crippen MR) is 149 cm³/mol. The SMILES string of the molecule is CC(C)(C)C1CCC(=NNC(=O)c2ccc(CN(c3ccccc3)S(=O)(=O)c3ccccc3)cc2)CC1. The van der Waals surface area contributed by atoms with Crippen LogP contribution in [0.3, 0.4) is 0 Å². The van der Waals surface area contributed by atoms with Gasteiger partial charge in [-0.25, -0.2) is 13.8 Å². The molecule has 4 rings (SSSR count). The molecule has 0 aliphatic heterocycles. The minimum Gasteiger partial charge on any atom is -0.267 e. The molecule has 0 heterocycles. The van der Waals surface area contributed by atoms with E-state index in [-0.39, 0.29) is 17.3 Å². The smallest absolute Gasteiger partial charge is 0.267 e. The first-order valence-corrected chi connectivity index (χ1v) is 14.2. The molecule has 194 valence electrons. The van der Waals surface area contributed by atoms with Crippen LogP contribution in [0.4, 0.5) is 5.69 Å². The van der Waals surface area contributed by atoms with Crippen molar-refractivity contribution in [3.05, 3.63) is 96.1 Å². The summed E-state index contributed by atoms with van der Waals surface area (Å²) in [6.07, 6.45) is 4.01. The lowest BCUT2D eigenvalue weighted by Crippen LogP contribution is -2.30. The summed E-state index contributed by atoms with van der Waals surface area (Å²) in [6.45, 7) is 6.98. The molecule has 7 heteroatoms. The second-order valence-corrected chi connectivity index (χ2v) is 12.5. The van der Waals surface area contributed by atoms with Crippen LogP contribution < -0.4 is 9.73 Å². The number of carbonyl (C=O) groups excluding carboxylic acids is 1. The highest BCUT2D eigenvalue weighted by Crippen LogP contribution is 2.36. The van der Waals surface area contributed by atoms with E-state index in [4.69, 9.17) is 0 Å². The Morgan fingerprint density at radius 1 is 0.892 bits per heavy atom. The van der Waals surface area contributed by atoms with Crippen molar-refractivity contribution in [2.24, 2.45) is 16.4 Å². The van der Waals surface area contributed by atoms with Crippen LogP contribution in [-0.2, 0) is 16.6 Å². The molecule has 0 spiro atoms. The van der Waals surface area contributed by atoms with Gasteiger partial charge in [0.05, 0.1) is 17.1 Å². The van der Waals surface area contributed by atoms with E-state index >= 15 is 0 Å². The monoisotopic (exact) mass is 517 g/mol. The van der Waals surface area contributed by atoms with Crippen LogP contribution in [0.2, 0.25) is 0 Å². The molecule has 3 aromatic rings. The number of amides is 1. The third kappa shape index (κ3) is 6.66.